The molecule has 2 aromatic heterocycles. The number of rotatable bonds is 1. The zero-order valence-corrected chi connectivity index (χ0v) is 8.15. The molecular weight excluding hydrogens is 204 g/mol. The average Bonchev–Trinajstić information content (AvgIpc) is 2.53. The molecule has 0 spiro atoms. The Labute approximate surface area is 83.5 Å². The van der Waals surface area contributed by atoms with Gasteiger partial charge in [0.2, 0.25) is 0 Å². The molecule has 0 bridgehead atoms. The number of H-pyrrole nitrogens is 1. The van der Waals surface area contributed by atoms with Gasteiger partial charge in [-0.25, -0.2) is 9.97 Å². The van der Waals surface area contributed by atoms with Gasteiger partial charge in [0, 0.05) is 11.6 Å². The van der Waals surface area contributed by atoms with Crippen molar-refractivity contribution in [3.8, 4) is 10.7 Å². The number of aromatic nitrogens is 3. The second-order valence-electron chi connectivity index (χ2n) is 2.37. The summed E-state index contributed by atoms with van der Waals surface area (Å²) in [6.07, 6.45) is 3.31. The number of nitrogens with one attached hydrogen (secondary N) is 1. The summed E-state index contributed by atoms with van der Waals surface area (Å²) < 4.78 is 0.605. The van der Waals surface area contributed by atoms with E-state index in [9.17, 15) is 0 Å². The second kappa shape index (κ2) is 3.23. The lowest BCUT2D eigenvalue weighted by Crippen LogP contribution is -1.86. The van der Waals surface area contributed by atoms with Gasteiger partial charge in [-0.2, -0.15) is 0 Å². The van der Waals surface area contributed by atoms with Crippen LogP contribution in [0.2, 0.25) is 0 Å². The number of anilines is 1. The number of aromatic amines is 1. The molecule has 4 nitrogen and oxygen atoms in total. The molecule has 0 aliphatic rings. The molecule has 0 radical (unpaired) electrons. The van der Waals surface area contributed by atoms with Crippen molar-refractivity contribution in [3.05, 3.63) is 22.4 Å². The molecule has 2 rings (SSSR count). The van der Waals surface area contributed by atoms with Crippen molar-refractivity contribution < 1.29 is 0 Å². The maximum atomic E-state index is 5.49. The van der Waals surface area contributed by atoms with Gasteiger partial charge in [-0.05, 0) is 0 Å². The van der Waals surface area contributed by atoms with Gasteiger partial charge in [0.05, 0.1) is 6.20 Å². The van der Waals surface area contributed by atoms with Crippen molar-refractivity contribution in [2.75, 3.05) is 5.73 Å². The minimum atomic E-state index is 0.518. The Balaban J connectivity index is 2.47. The highest BCUT2D eigenvalue weighted by atomic mass is 32.1. The standard InChI is InChI=1S/C7H6N4S2/c8-5-3-13-7(11-5)4-1-10-6(12)2-9-4/h1-3H,8H2,(H,10,12). The molecule has 2 aromatic rings. The minimum Gasteiger partial charge on any atom is -0.383 e. The van der Waals surface area contributed by atoms with Crippen LogP contribution in [-0.2, 0) is 0 Å². The van der Waals surface area contributed by atoms with E-state index in [-0.39, 0.29) is 0 Å². The average molecular weight is 210 g/mol. The van der Waals surface area contributed by atoms with Crippen LogP contribution in [0.15, 0.2) is 17.8 Å². The second-order valence-corrected chi connectivity index (χ2v) is 3.67. The van der Waals surface area contributed by atoms with Gasteiger partial charge < -0.3 is 10.7 Å². The number of nitrogen functional groups attached to an aromatic ring is 1. The summed E-state index contributed by atoms with van der Waals surface area (Å²) in [4.78, 5) is 11.1. The van der Waals surface area contributed by atoms with E-state index < -0.39 is 0 Å². The quantitative estimate of drug-likeness (QED) is 0.705. The van der Waals surface area contributed by atoms with Crippen LogP contribution < -0.4 is 5.73 Å². The van der Waals surface area contributed by atoms with Gasteiger partial charge in [0.25, 0.3) is 0 Å². The Morgan fingerprint density at radius 2 is 2.38 bits per heavy atom. The molecule has 0 amide bonds. The van der Waals surface area contributed by atoms with E-state index >= 15 is 0 Å². The number of nitrogens with two attached hydrogens (primary N) is 1. The fourth-order valence-electron chi connectivity index (χ4n) is 0.863. The Hall–Kier alpha value is -1.27. The van der Waals surface area contributed by atoms with Crippen molar-refractivity contribution >= 4 is 29.4 Å². The summed E-state index contributed by atoms with van der Waals surface area (Å²) in [5.74, 6) is 0.518. The lowest BCUT2D eigenvalue weighted by Gasteiger charge is -1.92. The van der Waals surface area contributed by atoms with E-state index in [1.807, 2.05) is 0 Å². The summed E-state index contributed by atoms with van der Waals surface area (Å²) in [6.45, 7) is 0. The molecule has 0 aliphatic heterocycles. The summed E-state index contributed by atoms with van der Waals surface area (Å²) in [5, 5.41) is 2.57. The van der Waals surface area contributed by atoms with E-state index in [2.05, 4.69) is 15.0 Å². The van der Waals surface area contributed by atoms with Crippen LogP contribution in [0.1, 0.15) is 0 Å². The van der Waals surface area contributed by atoms with Crippen LogP contribution in [0, 0.1) is 4.64 Å². The highest BCUT2D eigenvalue weighted by Crippen LogP contribution is 2.21. The largest absolute Gasteiger partial charge is 0.383 e. The maximum Gasteiger partial charge on any atom is 0.145 e. The zero-order valence-electron chi connectivity index (χ0n) is 6.52. The van der Waals surface area contributed by atoms with Gasteiger partial charge in [-0.15, -0.1) is 11.3 Å². The van der Waals surface area contributed by atoms with E-state index in [0.717, 1.165) is 10.7 Å². The first-order chi connectivity index (χ1) is 6.25. The fourth-order valence-corrected chi connectivity index (χ4v) is 1.65. The SMILES string of the molecule is Nc1csc(-c2c[nH]c(=S)cn2)n1. The van der Waals surface area contributed by atoms with E-state index in [1.54, 1.807) is 17.8 Å². The number of hydrogen-bond donors (Lipinski definition) is 2. The topological polar surface area (TPSA) is 67.6 Å². The molecule has 2 heterocycles. The maximum absolute atomic E-state index is 5.49. The molecule has 66 valence electrons. The number of nitrogens with zero attached hydrogens (tertiary/aromatic N) is 2. The fraction of sp³-hybridized carbons (Fsp3) is 0. The van der Waals surface area contributed by atoms with Crippen LogP contribution in [-0.4, -0.2) is 15.0 Å². The zero-order chi connectivity index (χ0) is 9.26. The van der Waals surface area contributed by atoms with Crippen molar-refractivity contribution in [1.82, 2.24) is 15.0 Å². The Bertz CT molecular complexity index is 453. The molecule has 0 atom stereocenters. The molecule has 0 fully saturated rings. The van der Waals surface area contributed by atoms with Crippen LogP contribution >= 0.6 is 23.6 Å². The summed E-state index contributed by atoms with van der Waals surface area (Å²) >= 11 is 6.32. The van der Waals surface area contributed by atoms with Gasteiger partial charge in [0.15, 0.2) is 0 Å². The van der Waals surface area contributed by atoms with Crippen LogP contribution in [0.4, 0.5) is 5.82 Å². The van der Waals surface area contributed by atoms with Gasteiger partial charge in [0.1, 0.15) is 21.2 Å². The third-order valence-electron chi connectivity index (χ3n) is 1.41. The third-order valence-corrected chi connectivity index (χ3v) is 2.52. The van der Waals surface area contributed by atoms with Crippen LogP contribution in [0.25, 0.3) is 10.7 Å². The third kappa shape index (κ3) is 1.73. The first-order valence-electron chi connectivity index (χ1n) is 3.52. The normalized spacial score (nSPS) is 10.2. The van der Waals surface area contributed by atoms with Crippen molar-refractivity contribution in [1.29, 1.82) is 0 Å². The van der Waals surface area contributed by atoms with Crippen molar-refractivity contribution in [2.45, 2.75) is 0 Å². The van der Waals surface area contributed by atoms with Crippen molar-refractivity contribution in [3.63, 3.8) is 0 Å². The van der Waals surface area contributed by atoms with Gasteiger partial charge >= 0.3 is 0 Å². The van der Waals surface area contributed by atoms with E-state index in [4.69, 9.17) is 18.0 Å². The predicted octanol–water partition coefficient (Wildman–Crippen LogP) is 1.84. The molecule has 0 aliphatic carbocycles. The smallest absolute Gasteiger partial charge is 0.145 e. The lowest BCUT2D eigenvalue weighted by atomic mass is 10.5. The summed E-state index contributed by atoms with van der Waals surface area (Å²) in [5.41, 5.74) is 6.25. The molecule has 0 aromatic carbocycles. The summed E-state index contributed by atoms with van der Waals surface area (Å²) in [7, 11) is 0. The monoisotopic (exact) mass is 210 g/mol. The Morgan fingerprint density at radius 1 is 1.54 bits per heavy atom. The summed E-state index contributed by atoms with van der Waals surface area (Å²) in [6, 6.07) is 0. The van der Waals surface area contributed by atoms with Gasteiger partial charge in [-0.3, -0.25) is 0 Å². The first kappa shape index (κ1) is 8.33. The molecule has 6 heteroatoms. The minimum absolute atomic E-state index is 0.518. The highest BCUT2D eigenvalue weighted by molar-refractivity contribution is 7.71. The first-order valence-corrected chi connectivity index (χ1v) is 4.80. The van der Waals surface area contributed by atoms with E-state index in [1.165, 1.54) is 11.3 Å². The van der Waals surface area contributed by atoms with E-state index in [0.29, 0.717) is 10.5 Å². The van der Waals surface area contributed by atoms with Crippen LogP contribution in [0.5, 0.6) is 0 Å². The molecule has 0 saturated heterocycles. The molecular formula is C7H6N4S2. The lowest BCUT2D eigenvalue weighted by molar-refractivity contribution is 1.18. The number of thiazole rings is 1. The molecule has 13 heavy (non-hydrogen) atoms. The Kier molecular flexibility index (Phi) is 2.07. The predicted molar refractivity (Wildman–Crippen MR) is 54.9 cm³/mol. The molecule has 0 saturated carbocycles. The Morgan fingerprint density at radius 3 is 2.92 bits per heavy atom. The van der Waals surface area contributed by atoms with Crippen molar-refractivity contribution in [2.24, 2.45) is 0 Å². The number of hydrogen-bond acceptors (Lipinski definition) is 5. The molecule has 3 N–H and O–H groups in total. The molecule has 0 unspecified atom stereocenters. The van der Waals surface area contributed by atoms with Gasteiger partial charge in [-0.1, -0.05) is 12.2 Å². The van der Waals surface area contributed by atoms with Crippen LogP contribution in [0.3, 0.4) is 0 Å². The highest BCUT2D eigenvalue weighted by Gasteiger charge is 2.02.